The summed E-state index contributed by atoms with van der Waals surface area (Å²) in [4.78, 5) is 12.1. The minimum absolute atomic E-state index is 0.133. The second-order valence-electron chi connectivity index (χ2n) is 4.73. The maximum atomic E-state index is 13.6. The van der Waals surface area contributed by atoms with Crippen molar-refractivity contribution in [3.05, 3.63) is 63.1 Å². The molecule has 2 nitrogen and oxygen atoms in total. The Morgan fingerprint density at radius 2 is 1.90 bits per heavy atom. The summed E-state index contributed by atoms with van der Waals surface area (Å²) in [5, 5.41) is 0. The van der Waals surface area contributed by atoms with Crippen LogP contribution in [0.25, 0.3) is 0 Å². The molecule has 0 saturated carbocycles. The summed E-state index contributed by atoms with van der Waals surface area (Å²) < 4.78 is 31.9. The minimum Gasteiger partial charge on any atom is -0.481 e. The largest absolute Gasteiger partial charge is 0.481 e. The summed E-state index contributed by atoms with van der Waals surface area (Å²) in [6.07, 6.45) is 0. The maximum absolute atomic E-state index is 13.6. The van der Waals surface area contributed by atoms with E-state index in [2.05, 4.69) is 15.9 Å². The molecule has 110 valence electrons. The van der Waals surface area contributed by atoms with E-state index in [1.807, 2.05) is 26.0 Å². The van der Waals surface area contributed by atoms with E-state index >= 15 is 0 Å². The molecular formula is C16H13BrF2O2. The van der Waals surface area contributed by atoms with Gasteiger partial charge in [0.05, 0.1) is 4.47 Å². The van der Waals surface area contributed by atoms with Gasteiger partial charge in [-0.1, -0.05) is 23.8 Å². The molecule has 0 unspecified atom stereocenters. The molecule has 2 aromatic carbocycles. The Morgan fingerprint density at radius 3 is 2.52 bits per heavy atom. The summed E-state index contributed by atoms with van der Waals surface area (Å²) in [7, 11) is 0. The van der Waals surface area contributed by atoms with Crippen LogP contribution >= 0.6 is 15.9 Å². The average molecular weight is 355 g/mol. The molecule has 0 radical (unpaired) electrons. The number of benzene rings is 2. The van der Waals surface area contributed by atoms with Crippen molar-refractivity contribution in [2.75, 3.05) is 6.61 Å². The number of Topliss-reactive ketones (excluding diaryl/α,β-unsaturated/α-hetero) is 1. The molecule has 0 aliphatic rings. The number of halogens is 3. The highest BCUT2D eigenvalue weighted by Crippen LogP contribution is 2.29. The highest BCUT2D eigenvalue weighted by molar-refractivity contribution is 9.10. The van der Waals surface area contributed by atoms with Crippen LogP contribution < -0.4 is 4.74 Å². The standard InChI is InChI=1S/C16H13BrF2O2/c1-9-3-4-12(10(2)5-9)15(20)8-21-16-13(17)6-11(18)7-14(16)19/h3-7H,8H2,1-2H3. The van der Waals surface area contributed by atoms with Crippen LogP contribution in [0.1, 0.15) is 21.5 Å². The first-order valence-electron chi connectivity index (χ1n) is 6.26. The maximum Gasteiger partial charge on any atom is 0.200 e. The molecule has 0 aliphatic heterocycles. The topological polar surface area (TPSA) is 26.3 Å². The van der Waals surface area contributed by atoms with E-state index in [4.69, 9.17) is 4.74 Å². The molecule has 0 N–H and O–H groups in total. The van der Waals surface area contributed by atoms with E-state index in [0.717, 1.165) is 17.2 Å². The zero-order valence-electron chi connectivity index (χ0n) is 11.5. The lowest BCUT2D eigenvalue weighted by atomic mass is 10.0. The van der Waals surface area contributed by atoms with Gasteiger partial charge in [-0.3, -0.25) is 4.79 Å². The second-order valence-corrected chi connectivity index (χ2v) is 5.58. The van der Waals surface area contributed by atoms with Crippen molar-refractivity contribution in [3.8, 4) is 5.75 Å². The van der Waals surface area contributed by atoms with Crippen molar-refractivity contribution in [2.45, 2.75) is 13.8 Å². The third-order valence-electron chi connectivity index (χ3n) is 2.99. The second kappa shape index (κ2) is 6.35. The van der Waals surface area contributed by atoms with E-state index in [0.29, 0.717) is 11.6 Å². The van der Waals surface area contributed by atoms with Gasteiger partial charge in [-0.25, -0.2) is 8.78 Å². The molecule has 0 aromatic heterocycles. The number of ether oxygens (including phenoxy) is 1. The van der Waals surface area contributed by atoms with Crippen molar-refractivity contribution in [1.82, 2.24) is 0 Å². The van der Waals surface area contributed by atoms with Gasteiger partial charge in [0.15, 0.2) is 24.0 Å². The summed E-state index contributed by atoms with van der Waals surface area (Å²) in [6.45, 7) is 3.45. The van der Waals surface area contributed by atoms with Gasteiger partial charge in [0.1, 0.15) is 5.82 Å². The number of aryl methyl sites for hydroxylation is 2. The summed E-state index contributed by atoms with van der Waals surface area (Å²) in [5.74, 6) is -2.00. The predicted octanol–water partition coefficient (Wildman–Crippen LogP) is 4.61. The van der Waals surface area contributed by atoms with Crippen LogP contribution in [-0.4, -0.2) is 12.4 Å². The van der Waals surface area contributed by atoms with Crippen molar-refractivity contribution < 1.29 is 18.3 Å². The normalized spacial score (nSPS) is 10.5. The molecule has 21 heavy (non-hydrogen) atoms. The monoisotopic (exact) mass is 354 g/mol. The average Bonchev–Trinajstić information content (AvgIpc) is 2.36. The van der Waals surface area contributed by atoms with E-state index in [9.17, 15) is 13.6 Å². The van der Waals surface area contributed by atoms with Crippen LogP contribution in [0.4, 0.5) is 8.78 Å². The van der Waals surface area contributed by atoms with Crippen LogP contribution in [0, 0.1) is 25.5 Å². The SMILES string of the molecule is Cc1ccc(C(=O)COc2c(F)cc(F)cc2Br)c(C)c1. The van der Waals surface area contributed by atoms with E-state index in [-0.39, 0.29) is 22.6 Å². The fourth-order valence-electron chi connectivity index (χ4n) is 2.01. The minimum atomic E-state index is -0.852. The van der Waals surface area contributed by atoms with E-state index in [1.54, 1.807) is 6.07 Å². The Hall–Kier alpha value is -1.75. The van der Waals surface area contributed by atoms with Gasteiger partial charge in [-0.15, -0.1) is 0 Å². The van der Waals surface area contributed by atoms with Crippen LogP contribution in [-0.2, 0) is 0 Å². The lowest BCUT2D eigenvalue weighted by Gasteiger charge is -2.10. The number of hydrogen-bond acceptors (Lipinski definition) is 2. The molecular weight excluding hydrogens is 342 g/mol. The van der Waals surface area contributed by atoms with Gasteiger partial charge in [-0.2, -0.15) is 0 Å². The Balaban J connectivity index is 2.15. The molecule has 0 bridgehead atoms. The van der Waals surface area contributed by atoms with Crippen molar-refractivity contribution in [2.24, 2.45) is 0 Å². The van der Waals surface area contributed by atoms with Gasteiger partial charge in [0.25, 0.3) is 0 Å². The molecule has 0 heterocycles. The van der Waals surface area contributed by atoms with Crippen molar-refractivity contribution in [3.63, 3.8) is 0 Å². The first-order chi connectivity index (χ1) is 9.88. The van der Waals surface area contributed by atoms with Crippen molar-refractivity contribution >= 4 is 21.7 Å². The quantitative estimate of drug-likeness (QED) is 0.749. The van der Waals surface area contributed by atoms with Crippen LogP contribution in [0.15, 0.2) is 34.8 Å². The Kier molecular flexibility index (Phi) is 4.73. The Labute approximate surface area is 129 Å². The van der Waals surface area contributed by atoms with Gasteiger partial charge in [-0.05, 0) is 41.4 Å². The molecule has 0 amide bonds. The molecule has 0 fully saturated rings. The summed E-state index contributed by atoms with van der Waals surface area (Å²) in [6, 6.07) is 7.23. The third kappa shape index (κ3) is 3.67. The summed E-state index contributed by atoms with van der Waals surface area (Å²) >= 11 is 3.01. The molecule has 5 heteroatoms. The van der Waals surface area contributed by atoms with Gasteiger partial charge >= 0.3 is 0 Å². The van der Waals surface area contributed by atoms with Gasteiger partial charge in [0.2, 0.25) is 0 Å². The van der Waals surface area contributed by atoms with Crippen LogP contribution in [0.3, 0.4) is 0 Å². The highest BCUT2D eigenvalue weighted by atomic mass is 79.9. The zero-order valence-corrected chi connectivity index (χ0v) is 13.1. The summed E-state index contributed by atoms with van der Waals surface area (Å²) in [5.41, 5.74) is 2.42. The zero-order chi connectivity index (χ0) is 15.6. The lowest BCUT2D eigenvalue weighted by molar-refractivity contribution is 0.0917. The van der Waals surface area contributed by atoms with Crippen LogP contribution in [0.2, 0.25) is 0 Å². The van der Waals surface area contributed by atoms with E-state index in [1.165, 1.54) is 0 Å². The number of ketones is 1. The number of rotatable bonds is 4. The Bertz CT molecular complexity index is 676. The lowest BCUT2D eigenvalue weighted by Crippen LogP contribution is -2.14. The molecule has 0 spiro atoms. The first kappa shape index (κ1) is 15.6. The fourth-order valence-corrected chi connectivity index (χ4v) is 2.53. The molecule has 0 aliphatic carbocycles. The van der Waals surface area contributed by atoms with Crippen molar-refractivity contribution in [1.29, 1.82) is 0 Å². The fraction of sp³-hybridized carbons (Fsp3) is 0.188. The molecule has 0 saturated heterocycles. The van der Waals surface area contributed by atoms with E-state index < -0.39 is 11.6 Å². The number of hydrogen-bond donors (Lipinski definition) is 0. The van der Waals surface area contributed by atoms with Gasteiger partial charge in [0, 0.05) is 11.6 Å². The Morgan fingerprint density at radius 1 is 1.19 bits per heavy atom. The smallest absolute Gasteiger partial charge is 0.200 e. The predicted molar refractivity (Wildman–Crippen MR) is 79.8 cm³/mol. The highest BCUT2D eigenvalue weighted by Gasteiger charge is 2.15. The number of carbonyl (C=O) groups is 1. The molecule has 2 rings (SSSR count). The first-order valence-corrected chi connectivity index (χ1v) is 7.05. The third-order valence-corrected chi connectivity index (χ3v) is 3.58. The van der Waals surface area contributed by atoms with Gasteiger partial charge < -0.3 is 4.74 Å². The molecule has 0 atom stereocenters. The molecule has 2 aromatic rings. The number of carbonyl (C=O) groups excluding carboxylic acids is 1. The van der Waals surface area contributed by atoms with Crippen LogP contribution in [0.5, 0.6) is 5.75 Å².